The molecule has 3 heteroatoms. The summed E-state index contributed by atoms with van der Waals surface area (Å²) in [4.78, 5) is 5.45. The first-order chi connectivity index (χ1) is 10.1. The monoisotopic (exact) mass is 293 g/mol. The summed E-state index contributed by atoms with van der Waals surface area (Å²) in [5, 5.41) is 0. The third-order valence-corrected chi connectivity index (χ3v) is 6.84. The van der Waals surface area contributed by atoms with Crippen LogP contribution in [0, 0.1) is 11.8 Å². The Kier molecular flexibility index (Phi) is 4.92. The van der Waals surface area contributed by atoms with E-state index >= 15 is 0 Å². The number of hydrogen-bond donors (Lipinski definition) is 1. The molecule has 2 saturated heterocycles. The summed E-state index contributed by atoms with van der Waals surface area (Å²) in [5.74, 6) is 1.79. The zero-order valence-corrected chi connectivity index (χ0v) is 14.2. The highest BCUT2D eigenvalue weighted by molar-refractivity contribution is 4.99. The molecular formula is C18H35N3. The zero-order valence-electron chi connectivity index (χ0n) is 14.2. The van der Waals surface area contributed by atoms with Gasteiger partial charge in [-0.05, 0) is 64.0 Å². The van der Waals surface area contributed by atoms with Crippen molar-refractivity contribution >= 4 is 0 Å². The van der Waals surface area contributed by atoms with E-state index in [4.69, 9.17) is 5.73 Å². The molecule has 0 spiro atoms. The molecule has 3 nitrogen and oxygen atoms in total. The summed E-state index contributed by atoms with van der Waals surface area (Å²) in [6.07, 6.45) is 11.0. The van der Waals surface area contributed by atoms with Gasteiger partial charge in [-0.15, -0.1) is 0 Å². The van der Waals surface area contributed by atoms with E-state index in [0.717, 1.165) is 24.4 Å². The van der Waals surface area contributed by atoms with E-state index in [1.165, 1.54) is 71.0 Å². The number of nitrogens with two attached hydrogens (primary N) is 1. The molecule has 1 saturated carbocycles. The first-order valence-electron chi connectivity index (χ1n) is 9.30. The van der Waals surface area contributed by atoms with E-state index in [1.807, 2.05) is 0 Å². The smallest absolute Gasteiger partial charge is 0.0331 e. The third-order valence-electron chi connectivity index (χ3n) is 6.84. The molecule has 0 aromatic rings. The zero-order chi connectivity index (χ0) is 14.9. The Labute approximate surface area is 131 Å². The highest BCUT2D eigenvalue weighted by Gasteiger charge is 2.42. The fraction of sp³-hybridized carbons (Fsp3) is 1.00. The molecule has 2 heterocycles. The molecule has 21 heavy (non-hydrogen) atoms. The maximum atomic E-state index is 6.33. The summed E-state index contributed by atoms with van der Waals surface area (Å²) < 4.78 is 0. The minimum Gasteiger partial charge on any atom is -0.329 e. The van der Waals surface area contributed by atoms with Crippen molar-refractivity contribution in [3.05, 3.63) is 0 Å². The minimum absolute atomic E-state index is 0.325. The van der Waals surface area contributed by atoms with Crippen molar-refractivity contribution in [1.82, 2.24) is 9.80 Å². The van der Waals surface area contributed by atoms with Gasteiger partial charge in [0, 0.05) is 31.2 Å². The number of likely N-dealkylation sites (tertiary alicyclic amines) is 2. The van der Waals surface area contributed by atoms with E-state index in [0.29, 0.717) is 5.54 Å². The molecule has 1 aliphatic carbocycles. The van der Waals surface area contributed by atoms with Gasteiger partial charge in [-0.25, -0.2) is 0 Å². The molecule has 0 bridgehead atoms. The van der Waals surface area contributed by atoms with Crippen molar-refractivity contribution in [2.24, 2.45) is 17.6 Å². The quantitative estimate of drug-likeness (QED) is 0.795. The average Bonchev–Trinajstić information content (AvgIpc) is 2.70. The Hall–Kier alpha value is -0.120. The second kappa shape index (κ2) is 6.55. The second-order valence-electron chi connectivity index (χ2n) is 8.15. The molecule has 3 aliphatic rings. The lowest BCUT2D eigenvalue weighted by atomic mass is 9.79. The summed E-state index contributed by atoms with van der Waals surface area (Å²) in [6, 6.07) is 0.842. The first kappa shape index (κ1) is 15.8. The van der Waals surface area contributed by atoms with E-state index in [-0.39, 0.29) is 0 Å². The van der Waals surface area contributed by atoms with E-state index in [9.17, 15) is 0 Å². The lowest BCUT2D eigenvalue weighted by Gasteiger charge is -2.52. The molecule has 4 atom stereocenters. The van der Waals surface area contributed by atoms with Crippen LogP contribution in [0.5, 0.6) is 0 Å². The number of rotatable bonds is 2. The van der Waals surface area contributed by atoms with Crippen LogP contribution in [0.15, 0.2) is 0 Å². The standard InChI is InChI=1S/C18H35N3/c1-15-5-3-9-18(14-19,10-7-15)21-12-8-17-16(13-21)6-4-11-20(17)2/h15-17H,3-14,19H2,1-2H3. The van der Waals surface area contributed by atoms with E-state index < -0.39 is 0 Å². The number of piperidine rings is 2. The van der Waals surface area contributed by atoms with Gasteiger partial charge in [-0.2, -0.15) is 0 Å². The summed E-state index contributed by atoms with van der Waals surface area (Å²) >= 11 is 0. The van der Waals surface area contributed by atoms with Crippen molar-refractivity contribution in [1.29, 1.82) is 0 Å². The van der Waals surface area contributed by atoms with Crippen LogP contribution in [-0.2, 0) is 0 Å². The predicted octanol–water partition coefficient (Wildman–Crippen LogP) is 2.70. The molecule has 122 valence electrons. The molecule has 2 aliphatic heterocycles. The predicted molar refractivity (Wildman–Crippen MR) is 89.4 cm³/mol. The molecule has 0 aromatic heterocycles. The van der Waals surface area contributed by atoms with Gasteiger partial charge in [-0.1, -0.05) is 19.8 Å². The molecule has 2 N–H and O–H groups in total. The first-order valence-corrected chi connectivity index (χ1v) is 9.30. The summed E-state index contributed by atoms with van der Waals surface area (Å²) in [7, 11) is 2.33. The number of hydrogen-bond acceptors (Lipinski definition) is 3. The molecular weight excluding hydrogens is 258 g/mol. The number of nitrogens with zero attached hydrogens (tertiary/aromatic N) is 2. The summed E-state index contributed by atoms with van der Waals surface area (Å²) in [6.45, 7) is 7.18. The van der Waals surface area contributed by atoms with Crippen LogP contribution in [0.4, 0.5) is 0 Å². The van der Waals surface area contributed by atoms with Gasteiger partial charge in [0.2, 0.25) is 0 Å². The second-order valence-corrected chi connectivity index (χ2v) is 8.15. The Bertz CT molecular complexity index is 345. The van der Waals surface area contributed by atoms with Gasteiger partial charge in [-0.3, -0.25) is 4.90 Å². The Balaban J connectivity index is 1.70. The van der Waals surface area contributed by atoms with Crippen LogP contribution in [-0.4, -0.2) is 54.6 Å². The normalized spacial score (nSPS) is 43.3. The Morgan fingerprint density at radius 3 is 2.71 bits per heavy atom. The third kappa shape index (κ3) is 3.16. The van der Waals surface area contributed by atoms with Crippen molar-refractivity contribution in [2.45, 2.75) is 69.9 Å². The fourth-order valence-electron chi connectivity index (χ4n) is 5.30. The van der Waals surface area contributed by atoms with Gasteiger partial charge < -0.3 is 10.6 Å². The molecule has 0 radical (unpaired) electrons. The van der Waals surface area contributed by atoms with E-state index in [2.05, 4.69) is 23.8 Å². The highest BCUT2D eigenvalue weighted by atomic mass is 15.3. The molecule has 3 fully saturated rings. The topological polar surface area (TPSA) is 32.5 Å². The Morgan fingerprint density at radius 2 is 1.90 bits per heavy atom. The number of fused-ring (bicyclic) bond motifs is 1. The molecule has 4 unspecified atom stereocenters. The summed E-state index contributed by atoms with van der Waals surface area (Å²) in [5.41, 5.74) is 6.65. The van der Waals surface area contributed by atoms with Crippen LogP contribution in [0.2, 0.25) is 0 Å². The maximum Gasteiger partial charge on any atom is 0.0331 e. The van der Waals surface area contributed by atoms with Gasteiger partial charge in [0.15, 0.2) is 0 Å². The molecule has 3 rings (SSSR count). The van der Waals surface area contributed by atoms with Crippen molar-refractivity contribution in [2.75, 3.05) is 33.2 Å². The van der Waals surface area contributed by atoms with Crippen LogP contribution in [0.3, 0.4) is 0 Å². The molecule has 0 amide bonds. The van der Waals surface area contributed by atoms with Crippen LogP contribution in [0.1, 0.15) is 58.3 Å². The lowest BCUT2D eigenvalue weighted by molar-refractivity contribution is -0.0204. The van der Waals surface area contributed by atoms with Gasteiger partial charge in [0.05, 0.1) is 0 Å². The van der Waals surface area contributed by atoms with Crippen molar-refractivity contribution < 1.29 is 0 Å². The highest BCUT2D eigenvalue weighted by Crippen LogP contribution is 2.39. The average molecular weight is 293 g/mol. The van der Waals surface area contributed by atoms with Crippen LogP contribution in [0.25, 0.3) is 0 Å². The van der Waals surface area contributed by atoms with Gasteiger partial charge >= 0.3 is 0 Å². The van der Waals surface area contributed by atoms with Gasteiger partial charge in [0.1, 0.15) is 0 Å². The van der Waals surface area contributed by atoms with Crippen molar-refractivity contribution in [3.63, 3.8) is 0 Å². The lowest BCUT2D eigenvalue weighted by Crippen LogP contribution is -2.61. The maximum absolute atomic E-state index is 6.33. The SMILES string of the molecule is CC1CCCC(CN)(N2CCC3C(CCCN3C)C2)CC1. The van der Waals surface area contributed by atoms with E-state index in [1.54, 1.807) is 0 Å². The molecule has 0 aromatic carbocycles. The van der Waals surface area contributed by atoms with Crippen LogP contribution < -0.4 is 5.73 Å². The largest absolute Gasteiger partial charge is 0.329 e. The van der Waals surface area contributed by atoms with Crippen LogP contribution >= 0.6 is 0 Å². The van der Waals surface area contributed by atoms with Gasteiger partial charge in [0.25, 0.3) is 0 Å². The fourth-order valence-corrected chi connectivity index (χ4v) is 5.30. The minimum atomic E-state index is 0.325. The van der Waals surface area contributed by atoms with Crippen molar-refractivity contribution in [3.8, 4) is 0 Å². The Morgan fingerprint density at radius 1 is 1.05 bits per heavy atom.